The maximum Gasteiger partial charge on any atom is 0.128 e. The average molecular weight is 234 g/mol. The van der Waals surface area contributed by atoms with Crippen molar-refractivity contribution in [3.05, 3.63) is 53.6 Å². The van der Waals surface area contributed by atoms with Gasteiger partial charge in [0, 0.05) is 11.8 Å². The lowest BCUT2D eigenvalue weighted by molar-refractivity contribution is 0.584. The van der Waals surface area contributed by atoms with Crippen LogP contribution in [0.15, 0.2) is 36.4 Å². The number of hydrogen-bond donors (Lipinski definition) is 2. The van der Waals surface area contributed by atoms with E-state index in [4.69, 9.17) is 5.73 Å². The molecule has 0 heterocycles. The van der Waals surface area contributed by atoms with Gasteiger partial charge >= 0.3 is 0 Å². The van der Waals surface area contributed by atoms with Gasteiger partial charge in [0.15, 0.2) is 0 Å². The highest BCUT2D eigenvalue weighted by atomic mass is 19.1. The summed E-state index contributed by atoms with van der Waals surface area (Å²) in [6.07, 6.45) is 0. The maximum absolute atomic E-state index is 13.0. The molecule has 0 saturated carbocycles. The van der Waals surface area contributed by atoms with E-state index in [1.807, 2.05) is 19.1 Å². The monoisotopic (exact) mass is 234 g/mol. The van der Waals surface area contributed by atoms with Crippen LogP contribution >= 0.6 is 0 Å². The standard InChI is InChI=1S/C13H12F2N2/c1-8-3-2-4-12(16)13(8)17-11-6-9(14)5-10(15)7-11/h2-7,17H,16H2,1H3. The Morgan fingerprint density at radius 1 is 1.06 bits per heavy atom. The van der Waals surface area contributed by atoms with Crippen molar-refractivity contribution in [2.75, 3.05) is 11.1 Å². The van der Waals surface area contributed by atoms with Gasteiger partial charge in [-0.25, -0.2) is 8.78 Å². The third kappa shape index (κ3) is 2.53. The molecule has 0 aliphatic heterocycles. The van der Waals surface area contributed by atoms with Crippen molar-refractivity contribution < 1.29 is 8.78 Å². The van der Waals surface area contributed by atoms with Crippen LogP contribution in [0.25, 0.3) is 0 Å². The van der Waals surface area contributed by atoms with Crippen molar-refractivity contribution in [3.63, 3.8) is 0 Å². The predicted octanol–water partition coefficient (Wildman–Crippen LogP) is 3.60. The number of nitrogen functional groups attached to an aromatic ring is 1. The summed E-state index contributed by atoms with van der Waals surface area (Å²) in [5.74, 6) is -1.25. The van der Waals surface area contributed by atoms with Crippen molar-refractivity contribution in [3.8, 4) is 0 Å². The van der Waals surface area contributed by atoms with E-state index in [-0.39, 0.29) is 0 Å². The number of anilines is 3. The second-order valence-corrected chi connectivity index (χ2v) is 3.82. The smallest absolute Gasteiger partial charge is 0.128 e. The maximum atomic E-state index is 13.0. The normalized spacial score (nSPS) is 10.3. The zero-order valence-corrected chi connectivity index (χ0v) is 9.30. The molecule has 0 aromatic heterocycles. The number of nitrogens with two attached hydrogens (primary N) is 1. The van der Waals surface area contributed by atoms with Crippen LogP contribution in [-0.2, 0) is 0 Å². The molecule has 17 heavy (non-hydrogen) atoms. The third-order valence-electron chi connectivity index (χ3n) is 2.44. The molecule has 0 unspecified atom stereocenters. The lowest BCUT2D eigenvalue weighted by atomic mass is 10.1. The first-order valence-electron chi connectivity index (χ1n) is 5.14. The van der Waals surface area contributed by atoms with Gasteiger partial charge < -0.3 is 11.1 Å². The van der Waals surface area contributed by atoms with Gasteiger partial charge in [-0.1, -0.05) is 12.1 Å². The SMILES string of the molecule is Cc1cccc(N)c1Nc1cc(F)cc(F)c1. The van der Waals surface area contributed by atoms with Gasteiger partial charge in [-0.15, -0.1) is 0 Å². The number of hydrogen-bond acceptors (Lipinski definition) is 2. The number of halogens is 2. The minimum absolute atomic E-state index is 0.337. The van der Waals surface area contributed by atoms with Gasteiger partial charge in [-0.05, 0) is 30.7 Å². The van der Waals surface area contributed by atoms with Crippen LogP contribution in [-0.4, -0.2) is 0 Å². The molecule has 0 atom stereocenters. The molecule has 88 valence electrons. The first kappa shape index (κ1) is 11.4. The van der Waals surface area contributed by atoms with E-state index >= 15 is 0 Å². The van der Waals surface area contributed by atoms with E-state index in [0.29, 0.717) is 17.1 Å². The van der Waals surface area contributed by atoms with Crippen molar-refractivity contribution in [2.24, 2.45) is 0 Å². The molecule has 0 spiro atoms. The molecule has 0 aliphatic rings. The Bertz CT molecular complexity index is 513. The quantitative estimate of drug-likeness (QED) is 0.779. The van der Waals surface area contributed by atoms with Crippen molar-refractivity contribution in [1.82, 2.24) is 0 Å². The summed E-state index contributed by atoms with van der Waals surface area (Å²) in [5, 5.41) is 2.92. The van der Waals surface area contributed by atoms with Crippen LogP contribution in [0, 0.1) is 18.6 Å². The van der Waals surface area contributed by atoms with Crippen LogP contribution in [0.5, 0.6) is 0 Å². The highest BCUT2D eigenvalue weighted by Crippen LogP contribution is 2.27. The van der Waals surface area contributed by atoms with E-state index in [2.05, 4.69) is 5.32 Å². The number of rotatable bonds is 2. The molecule has 2 rings (SSSR count). The topological polar surface area (TPSA) is 38.0 Å². The summed E-state index contributed by atoms with van der Waals surface area (Å²) in [7, 11) is 0. The van der Waals surface area contributed by atoms with Gasteiger partial charge in [0.1, 0.15) is 11.6 Å². The molecule has 4 heteroatoms. The molecule has 0 fully saturated rings. The van der Waals surface area contributed by atoms with Crippen molar-refractivity contribution in [1.29, 1.82) is 0 Å². The molecule has 2 nitrogen and oxygen atoms in total. The van der Waals surface area contributed by atoms with Gasteiger partial charge in [0.05, 0.1) is 11.4 Å². The summed E-state index contributed by atoms with van der Waals surface area (Å²) in [6.45, 7) is 1.87. The second kappa shape index (κ2) is 4.41. The van der Waals surface area contributed by atoms with E-state index < -0.39 is 11.6 Å². The van der Waals surface area contributed by atoms with Gasteiger partial charge in [-0.3, -0.25) is 0 Å². The highest BCUT2D eigenvalue weighted by molar-refractivity contribution is 5.75. The Hall–Kier alpha value is -2.10. The third-order valence-corrected chi connectivity index (χ3v) is 2.44. The fourth-order valence-electron chi connectivity index (χ4n) is 1.63. The van der Waals surface area contributed by atoms with E-state index in [1.54, 1.807) is 6.07 Å². The Labute approximate surface area is 98.1 Å². The summed E-state index contributed by atoms with van der Waals surface area (Å²) < 4.78 is 26.0. The Morgan fingerprint density at radius 3 is 2.29 bits per heavy atom. The van der Waals surface area contributed by atoms with Crippen molar-refractivity contribution in [2.45, 2.75) is 6.92 Å². The second-order valence-electron chi connectivity index (χ2n) is 3.82. The van der Waals surface area contributed by atoms with E-state index in [9.17, 15) is 8.78 Å². The van der Waals surface area contributed by atoms with Gasteiger partial charge in [0.2, 0.25) is 0 Å². The molecule has 0 saturated heterocycles. The lowest BCUT2D eigenvalue weighted by Gasteiger charge is -2.12. The lowest BCUT2D eigenvalue weighted by Crippen LogP contribution is -1.99. The number of benzene rings is 2. The minimum Gasteiger partial charge on any atom is -0.397 e. The molecule has 0 aliphatic carbocycles. The number of nitrogens with one attached hydrogen (secondary N) is 1. The molecule has 2 aromatic carbocycles. The van der Waals surface area contributed by atoms with E-state index in [1.165, 1.54) is 12.1 Å². The number of para-hydroxylation sites is 1. The molecule has 0 radical (unpaired) electrons. The Kier molecular flexibility index (Phi) is 2.95. The molecule has 3 N–H and O–H groups in total. The largest absolute Gasteiger partial charge is 0.397 e. The number of aryl methyl sites for hydroxylation is 1. The summed E-state index contributed by atoms with van der Waals surface area (Å²) in [6, 6.07) is 8.68. The van der Waals surface area contributed by atoms with Gasteiger partial charge in [-0.2, -0.15) is 0 Å². The fourth-order valence-corrected chi connectivity index (χ4v) is 1.63. The summed E-state index contributed by atoms with van der Waals surface area (Å²) >= 11 is 0. The van der Waals surface area contributed by atoms with Crippen LogP contribution in [0.4, 0.5) is 25.8 Å². The van der Waals surface area contributed by atoms with Crippen LogP contribution in [0.2, 0.25) is 0 Å². The average Bonchev–Trinajstić information content (AvgIpc) is 2.22. The first-order valence-corrected chi connectivity index (χ1v) is 5.14. The Morgan fingerprint density at radius 2 is 1.71 bits per heavy atom. The Balaban J connectivity index is 2.38. The zero-order valence-electron chi connectivity index (χ0n) is 9.30. The summed E-state index contributed by atoms with van der Waals surface area (Å²) in [5.41, 5.74) is 8.24. The predicted molar refractivity (Wildman–Crippen MR) is 65.2 cm³/mol. The van der Waals surface area contributed by atoms with Gasteiger partial charge in [0.25, 0.3) is 0 Å². The molecule has 0 amide bonds. The van der Waals surface area contributed by atoms with E-state index in [0.717, 1.165) is 11.6 Å². The first-order chi connectivity index (χ1) is 8.06. The molecule has 0 bridgehead atoms. The fraction of sp³-hybridized carbons (Fsp3) is 0.0769. The van der Waals surface area contributed by atoms with Crippen LogP contribution in [0.1, 0.15) is 5.56 Å². The molecular weight excluding hydrogens is 222 g/mol. The van der Waals surface area contributed by atoms with Crippen molar-refractivity contribution >= 4 is 17.1 Å². The molecular formula is C13H12F2N2. The van der Waals surface area contributed by atoms with Crippen LogP contribution < -0.4 is 11.1 Å². The van der Waals surface area contributed by atoms with Crippen LogP contribution in [0.3, 0.4) is 0 Å². The molecule has 2 aromatic rings. The zero-order chi connectivity index (χ0) is 12.4. The highest BCUT2D eigenvalue weighted by Gasteiger charge is 2.05. The minimum atomic E-state index is -0.625. The summed E-state index contributed by atoms with van der Waals surface area (Å²) in [4.78, 5) is 0.